The van der Waals surface area contributed by atoms with Crippen molar-refractivity contribution < 1.29 is 9.53 Å². The van der Waals surface area contributed by atoms with E-state index in [0.29, 0.717) is 0 Å². The zero-order chi connectivity index (χ0) is 14.5. The number of carbonyl (C=O) groups is 1. The lowest BCUT2D eigenvalue weighted by Gasteiger charge is -2.28. The van der Waals surface area contributed by atoms with Crippen LogP contribution in [0.4, 0.5) is 0 Å². The summed E-state index contributed by atoms with van der Waals surface area (Å²) in [4.78, 5) is 12.2. The molecule has 2 unspecified atom stereocenters. The van der Waals surface area contributed by atoms with Gasteiger partial charge in [-0.05, 0) is 18.8 Å². The molecule has 1 fully saturated rings. The summed E-state index contributed by atoms with van der Waals surface area (Å²) < 4.78 is 6.07. The summed E-state index contributed by atoms with van der Waals surface area (Å²) in [7, 11) is 0. The number of hydrogen-bond donors (Lipinski definition) is 0. The predicted octanol–water partition coefficient (Wildman–Crippen LogP) is 5.16. The number of carbonyl (C=O) groups excluding carboxylic acids is 1. The van der Waals surface area contributed by atoms with Crippen molar-refractivity contribution in [2.24, 2.45) is 5.41 Å². The van der Waals surface area contributed by atoms with E-state index in [1.54, 1.807) is 0 Å². The Balaban J connectivity index is 2.34. The highest BCUT2D eigenvalue weighted by atomic mass is 32.2. The Morgan fingerprint density at radius 2 is 1.74 bits per heavy atom. The summed E-state index contributed by atoms with van der Waals surface area (Å²) >= 11 is 1.39. The molecule has 0 radical (unpaired) electrons. The highest BCUT2D eigenvalue weighted by Crippen LogP contribution is 2.45. The fourth-order valence-corrected chi connectivity index (χ4v) is 3.50. The van der Waals surface area contributed by atoms with Crippen LogP contribution in [-0.4, -0.2) is 16.2 Å². The zero-order valence-electron chi connectivity index (χ0n) is 13.3. The molecule has 1 heterocycles. The summed E-state index contributed by atoms with van der Waals surface area (Å²) in [6.45, 7) is 10.6. The monoisotopic (exact) mass is 286 g/mol. The first-order chi connectivity index (χ1) is 8.79. The van der Waals surface area contributed by atoms with Gasteiger partial charge in [0.2, 0.25) is 5.12 Å². The minimum atomic E-state index is -0.548. The second kappa shape index (κ2) is 7.12. The van der Waals surface area contributed by atoms with E-state index in [4.69, 9.17) is 4.74 Å². The minimum Gasteiger partial charge on any atom is -0.352 e. The predicted molar refractivity (Wildman–Crippen MR) is 83.3 cm³/mol. The van der Waals surface area contributed by atoms with Crippen LogP contribution in [0.2, 0.25) is 0 Å². The summed E-state index contributed by atoms with van der Waals surface area (Å²) in [5, 5.41) is 0.223. The lowest BCUT2D eigenvalue weighted by Crippen LogP contribution is -2.34. The summed E-state index contributed by atoms with van der Waals surface area (Å²) in [5.41, 5.74) is -0.517. The second-order valence-corrected chi connectivity index (χ2v) is 8.00. The average Bonchev–Trinajstić information content (AvgIpc) is 2.61. The van der Waals surface area contributed by atoms with Gasteiger partial charge in [0, 0.05) is 0 Å². The average molecular weight is 286 g/mol. The summed E-state index contributed by atoms with van der Waals surface area (Å²) in [5.74, 6) is 0. The van der Waals surface area contributed by atoms with E-state index < -0.39 is 5.60 Å². The fraction of sp³-hybridized carbons (Fsp3) is 0.938. The minimum absolute atomic E-state index is 0.00471. The highest BCUT2D eigenvalue weighted by Gasteiger charge is 2.48. The van der Waals surface area contributed by atoms with Crippen LogP contribution in [0.25, 0.3) is 0 Å². The van der Waals surface area contributed by atoms with Crippen molar-refractivity contribution in [3.63, 3.8) is 0 Å². The highest BCUT2D eigenvalue weighted by molar-refractivity contribution is 8.14. The molecule has 19 heavy (non-hydrogen) atoms. The van der Waals surface area contributed by atoms with Crippen molar-refractivity contribution in [2.75, 3.05) is 0 Å². The molecule has 1 aliphatic heterocycles. The van der Waals surface area contributed by atoms with Crippen LogP contribution in [0.1, 0.15) is 79.6 Å². The Morgan fingerprint density at radius 3 is 2.26 bits per heavy atom. The maximum Gasteiger partial charge on any atom is 0.223 e. The summed E-state index contributed by atoms with van der Waals surface area (Å²) in [6, 6.07) is 0. The van der Waals surface area contributed by atoms with Gasteiger partial charge in [0.1, 0.15) is 11.0 Å². The SMILES string of the molecule is CCCCCCCCC1(C)OC(C(C)(C)C)SC1=O. The van der Waals surface area contributed by atoms with Gasteiger partial charge in [0.05, 0.1) is 0 Å². The zero-order valence-corrected chi connectivity index (χ0v) is 14.1. The van der Waals surface area contributed by atoms with Crippen molar-refractivity contribution in [3.05, 3.63) is 0 Å². The maximum atomic E-state index is 12.2. The normalized spacial score (nSPS) is 28.1. The van der Waals surface area contributed by atoms with Crippen molar-refractivity contribution in [3.8, 4) is 0 Å². The third-order valence-electron chi connectivity index (χ3n) is 3.73. The first-order valence-electron chi connectivity index (χ1n) is 7.68. The van der Waals surface area contributed by atoms with Crippen LogP contribution in [0, 0.1) is 5.41 Å². The van der Waals surface area contributed by atoms with Crippen molar-refractivity contribution in [1.29, 1.82) is 0 Å². The number of unbranched alkanes of at least 4 members (excludes halogenated alkanes) is 5. The van der Waals surface area contributed by atoms with Gasteiger partial charge in [-0.15, -0.1) is 0 Å². The molecule has 3 heteroatoms. The van der Waals surface area contributed by atoms with Crippen LogP contribution in [-0.2, 0) is 9.53 Å². The number of rotatable bonds is 7. The molecule has 1 rings (SSSR count). The van der Waals surface area contributed by atoms with Crippen LogP contribution >= 0.6 is 11.8 Å². The summed E-state index contributed by atoms with van der Waals surface area (Å²) in [6.07, 6.45) is 8.41. The first-order valence-corrected chi connectivity index (χ1v) is 8.56. The maximum absolute atomic E-state index is 12.2. The number of thioether (sulfide) groups is 1. The molecule has 1 saturated heterocycles. The van der Waals surface area contributed by atoms with Crippen molar-refractivity contribution >= 4 is 16.9 Å². The third kappa shape index (κ3) is 5.11. The standard InChI is InChI=1S/C16H30O2S/c1-6-7-8-9-10-11-12-16(5)13(17)19-14(18-16)15(2,3)4/h14H,6-12H2,1-5H3. The molecule has 1 aliphatic rings. The van der Waals surface area contributed by atoms with E-state index >= 15 is 0 Å². The van der Waals surface area contributed by atoms with Crippen LogP contribution in [0.5, 0.6) is 0 Å². The van der Waals surface area contributed by atoms with Gasteiger partial charge in [0.15, 0.2) is 0 Å². The molecule has 2 nitrogen and oxygen atoms in total. The fourth-order valence-electron chi connectivity index (χ4n) is 2.29. The van der Waals surface area contributed by atoms with Crippen LogP contribution in [0.15, 0.2) is 0 Å². The van der Waals surface area contributed by atoms with Crippen LogP contribution in [0.3, 0.4) is 0 Å². The van der Waals surface area contributed by atoms with Crippen molar-refractivity contribution in [2.45, 2.75) is 90.6 Å². The molecule has 0 aliphatic carbocycles. The Hall–Kier alpha value is -0.0200. The first kappa shape index (κ1) is 17.0. The van der Waals surface area contributed by atoms with E-state index in [0.717, 1.165) is 12.8 Å². The van der Waals surface area contributed by atoms with Gasteiger partial charge >= 0.3 is 0 Å². The number of ether oxygens (including phenoxy) is 1. The molecule has 0 bridgehead atoms. The lowest BCUT2D eigenvalue weighted by molar-refractivity contribution is -0.134. The molecule has 0 N–H and O–H groups in total. The largest absolute Gasteiger partial charge is 0.352 e. The molecular weight excluding hydrogens is 256 g/mol. The van der Waals surface area contributed by atoms with Gasteiger partial charge in [0.25, 0.3) is 0 Å². The quantitative estimate of drug-likeness (QED) is 0.605. The van der Waals surface area contributed by atoms with E-state index in [1.807, 2.05) is 6.92 Å². The lowest BCUT2D eigenvalue weighted by atomic mass is 9.95. The van der Waals surface area contributed by atoms with E-state index in [-0.39, 0.29) is 16.0 Å². The number of hydrogen-bond acceptors (Lipinski definition) is 3. The van der Waals surface area contributed by atoms with Crippen LogP contribution < -0.4 is 0 Å². The molecule has 0 aromatic carbocycles. The molecule has 0 saturated carbocycles. The van der Waals surface area contributed by atoms with Gasteiger partial charge in [-0.25, -0.2) is 0 Å². The molecule has 2 atom stereocenters. The van der Waals surface area contributed by atoms with E-state index in [9.17, 15) is 4.79 Å². The molecule has 0 spiro atoms. The molecular formula is C16H30O2S. The van der Waals surface area contributed by atoms with Gasteiger partial charge < -0.3 is 4.74 Å². The topological polar surface area (TPSA) is 26.3 Å². The Morgan fingerprint density at radius 1 is 1.16 bits per heavy atom. The van der Waals surface area contributed by atoms with Gasteiger partial charge in [-0.1, -0.05) is 78.0 Å². The third-order valence-corrected chi connectivity index (χ3v) is 5.39. The van der Waals surface area contributed by atoms with E-state index in [1.165, 1.54) is 43.9 Å². The Kier molecular flexibility index (Phi) is 6.38. The van der Waals surface area contributed by atoms with Gasteiger partial charge in [-0.2, -0.15) is 0 Å². The molecule has 0 aromatic rings. The van der Waals surface area contributed by atoms with Crippen molar-refractivity contribution in [1.82, 2.24) is 0 Å². The van der Waals surface area contributed by atoms with Gasteiger partial charge in [-0.3, -0.25) is 4.79 Å². The molecule has 112 valence electrons. The van der Waals surface area contributed by atoms with E-state index in [2.05, 4.69) is 27.7 Å². The molecule has 0 aromatic heterocycles. The Labute approximate surface area is 123 Å². The molecule has 0 amide bonds. The smallest absolute Gasteiger partial charge is 0.223 e. The second-order valence-electron chi connectivity index (χ2n) is 6.97. The Bertz CT molecular complexity index is 296.